The van der Waals surface area contributed by atoms with Crippen LogP contribution in [0, 0.1) is 0 Å². The van der Waals surface area contributed by atoms with Gasteiger partial charge in [0.15, 0.2) is 5.69 Å². The molecule has 2 aromatic rings. The zero-order valence-corrected chi connectivity index (χ0v) is 11.7. The van der Waals surface area contributed by atoms with Gasteiger partial charge in [-0.05, 0) is 31.5 Å². The van der Waals surface area contributed by atoms with Gasteiger partial charge in [-0.2, -0.15) is 0 Å². The number of anilines is 1. The summed E-state index contributed by atoms with van der Waals surface area (Å²) in [5.41, 5.74) is 2.11. The van der Waals surface area contributed by atoms with Crippen LogP contribution in [0.25, 0.3) is 0 Å². The van der Waals surface area contributed by atoms with Gasteiger partial charge in [-0.1, -0.05) is 30.3 Å². The summed E-state index contributed by atoms with van der Waals surface area (Å²) >= 11 is 0. The highest BCUT2D eigenvalue weighted by atomic mass is 16.5. The van der Waals surface area contributed by atoms with Crippen molar-refractivity contribution < 1.29 is 9.32 Å². The Hall–Kier alpha value is -2.14. The van der Waals surface area contributed by atoms with E-state index in [0.717, 1.165) is 24.2 Å². The van der Waals surface area contributed by atoms with Crippen LogP contribution in [-0.2, 0) is 0 Å². The zero-order valence-electron chi connectivity index (χ0n) is 11.7. The molecular formula is C15H19N3O2. The molecule has 2 rings (SSSR count). The number of amides is 1. The first-order chi connectivity index (χ1) is 9.72. The molecule has 1 amide bonds. The van der Waals surface area contributed by atoms with Gasteiger partial charge in [-0.15, -0.1) is 0 Å². The topological polar surface area (TPSA) is 67.2 Å². The molecule has 1 aromatic heterocycles. The number of hydrogen-bond donors (Lipinski definition) is 2. The van der Waals surface area contributed by atoms with E-state index < -0.39 is 0 Å². The van der Waals surface area contributed by atoms with Gasteiger partial charge in [0.2, 0.25) is 0 Å². The number of carbonyl (C=O) groups excluding carboxylic acids is 1. The van der Waals surface area contributed by atoms with Gasteiger partial charge >= 0.3 is 0 Å². The molecule has 0 saturated heterocycles. The molecule has 0 bridgehead atoms. The standard InChI is InChI=1S/C15H19N3O2/c1-3-9-16-11(2)12-6-4-5-7-13(12)17-15(19)14-8-10-20-18-14/h4-8,10-11,16H,3,9H2,1-2H3,(H,17,19). The van der Waals surface area contributed by atoms with E-state index in [4.69, 9.17) is 0 Å². The maximum atomic E-state index is 12.0. The smallest absolute Gasteiger partial charge is 0.277 e. The highest BCUT2D eigenvalue weighted by Crippen LogP contribution is 2.23. The Labute approximate surface area is 118 Å². The fraction of sp³-hybridized carbons (Fsp3) is 0.333. The van der Waals surface area contributed by atoms with Gasteiger partial charge in [0.05, 0.1) is 0 Å². The van der Waals surface area contributed by atoms with E-state index >= 15 is 0 Å². The van der Waals surface area contributed by atoms with Crippen molar-refractivity contribution in [3.8, 4) is 0 Å². The molecule has 20 heavy (non-hydrogen) atoms. The van der Waals surface area contributed by atoms with Crippen molar-refractivity contribution in [2.75, 3.05) is 11.9 Å². The second-order valence-electron chi connectivity index (χ2n) is 4.60. The SMILES string of the molecule is CCCNC(C)c1ccccc1NC(=O)c1ccon1. The minimum absolute atomic E-state index is 0.170. The third-order valence-corrected chi connectivity index (χ3v) is 3.05. The van der Waals surface area contributed by atoms with Crippen molar-refractivity contribution >= 4 is 11.6 Å². The van der Waals surface area contributed by atoms with Crippen LogP contribution in [0.4, 0.5) is 5.69 Å². The third-order valence-electron chi connectivity index (χ3n) is 3.05. The summed E-state index contributed by atoms with van der Waals surface area (Å²) in [7, 11) is 0. The number of carbonyl (C=O) groups is 1. The molecule has 0 saturated carbocycles. The molecule has 0 aliphatic heterocycles. The van der Waals surface area contributed by atoms with Gasteiger partial charge in [-0.25, -0.2) is 0 Å². The minimum atomic E-state index is -0.270. The first kappa shape index (κ1) is 14.3. The van der Waals surface area contributed by atoms with Gasteiger partial charge in [0.1, 0.15) is 6.26 Å². The Kier molecular flexibility index (Phi) is 4.90. The lowest BCUT2D eigenvalue weighted by atomic mass is 10.1. The maximum absolute atomic E-state index is 12.0. The van der Waals surface area contributed by atoms with Crippen molar-refractivity contribution in [3.63, 3.8) is 0 Å². The Morgan fingerprint density at radius 2 is 2.15 bits per heavy atom. The first-order valence-electron chi connectivity index (χ1n) is 6.76. The Balaban J connectivity index is 2.13. The quantitative estimate of drug-likeness (QED) is 0.849. The summed E-state index contributed by atoms with van der Waals surface area (Å²) in [4.78, 5) is 12.0. The average molecular weight is 273 g/mol. The van der Waals surface area contributed by atoms with Crippen molar-refractivity contribution in [2.24, 2.45) is 0 Å². The van der Waals surface area contributed by atoms with Gasteiger partial charge in [0.25, 0.3) is 5.91 Å². The van der Waals surface area contributed by atoms with E-state index in [1.165, 1.54) is 12.3 Å². The maximum Gasteiger partial charge on any atom is 0.277 e. The third kappa shape index (κ3) is 3.45. The number of aromatic nitrogens is 1. The molecule has 1 unspecified atom stereocenters. The number of nitrogens with zero attached hydrogens (tertiary/aromatic N) is 1. The van der Waals surface area contributed by atoms with E-state index in [1.807, 2.05) is 24.3 Å². The van der Waals surface area contributed by atoms with Crippen molar-refractivity contribution in [1.29, 1.82) is 0 Å². The van der Waals surface area contributed by atoms with Crippen LogP contribution >= 0.6 is 0 Å². The normalized spacial score (nSPS) is 12.1. The predicted octanol–water partition coefficient (Wildman–Crippen LogP) is 2.99. The molecule has 5 heteroatoms. The van der Waals surface area contributed by atoms with Crippen LogP contribution in [0.5, 0.6) is 0 Å². The van der Waals surface area contributed by atoms with Crippen molar-refractivity contribution in [2.45, 2.75) is 26.3 Å². The lowest BCUT2D eigenvalue weighted by molar-refractivity contribution is 0.101. The van der Waals surface area contributed by atoms with E-state index in [-0.39, 0.29) is 17.6 Å². The van der Waals surface area contributed by atoms with Crippen molar-refractivity contribution in [3.05, 3.63) is 47.9 Å². The minimum Gasteiger partial charge on any atom is -0.364 e. The van der Waals surface area contributed by atoms with Gasteiger partial charge < -0.3 is 15.2 Å². The molecule has 0 aliphatic rings. The first-order valence-corrected chi connectivity index (χ1v) is 6.76. The summed E-state index contributed by atoms with van der Waals surface area (Å²) < 4.78 is 4.68. The van der Waals surface area contributed by atoms with Crippen LogP contribution in [-0.4, -0.2) is 17.6 Å². The molecule has 2 N–H and O–H groups in total. The molecule has 1 heterocycles. The lowest BCUT2D eigenvalue weighted by Crippen LogP contribution is -2.21. The van der Waals surface area contributed by atoms with E-state index in [0.29, 0.717) is 0 Å². The van der Waals surface area contributed by atoms with E-state index in [2.05, 4.69) is 34.2 Å². The highest BCUT2D eigenvalue weighted by molar-refractivity contribution is 6.03. The number of hydrogen-bond acceptors (Lipinski definition) is 4. The largest absolute Gasteiger partial charge is 0.364 e. The summed E-state index contributed by atoms with van der Waals surface area (Å²) in [6.07, 6.45) is 2.45. The van der Waals surface area contributed by atoms with E-state index in [1.54, 1.807) is 0 Å². The van der Waals surface area contributed by atoms with Crippen molar-refractivity contribution in [1.82, 2.24) is 10.5 Å². The molecule has 0 spiro atoms. The Morgan fingerprint density at radius 1 is 1.35 bits per heavy atom. The molecule has 0 aliphatic carbocycles. The fourth-order valence-electron chi connectivity index (χ4n) is 1.98. The molecule has 106 valence electrons. The highest BCUT2D eigenvalue weighted by Gasteiger charge is 2.14. The fourth-order valence-corrected chi connectivity index (χ4v) is 1.98. The van der Waals surface area contributed by atoms with Crippen LogP contribution in [0.2, 0.25) is 0 Å². The van der Waals surface area contributed by atoms with Gasteiger partial charge in [0, 0.05) is 17.8 Å². The molecule has 5 nitrogen and oxygen atoms in total. The molecular weight excluding hydrogens is 254 g/mol. The molecule has 1 aromatic carbocycles. The summed E-state index contributed by atoms with van der Waals surface area (Å²) in [6, 6.07) is 9.46. The number of benzene rings is 1. The van der Waals surface area contributed by atoms with Crippen LogP contribution in [0.1, 0.15) is 42.4 Å². The second-order valence-corrected chi connectivity index (χ2v) is 4.60. The average Bonchev–Trinajstić information content (AvgIpc) is 2.99. The van der Waals surface area contributed by atoms with Gasteiger partial charge in [-0.3, -0.25) is 4.79 Å². The summed E-state index contributed by atoms with van der Waals surface area (Å²) in [5, 5.41) is 9.91. The van der Waals surface area contributed by atoms with E-state index in [9.17, 15) is 4.79 Å². The summed E-state index contributed by atoms with van der Waals surface area (Å²) in [6.45, 7) is 5.14. The molecule has 0 fully saturated rings. The molecule has 0 radical (unpaired) electrons. The summed E-state index contributed by atoms with van der Waals surface area (Å²) in [5.74, 6) is -0.270. The monoisotopic (exact) mass is 273 g/mol. The number of rotatable bonds is 6. The number of para-hydroxylation sites is 1. The van der Waals surface area contributed by atoms with Crippen LogP contribution < -0.4 is 10.6 Å². The molecule has 1 atom stereocenters. The number of nitrogens with one attached hydrogen (secondary N) is 2. The Morgan fingerprint density at radius 3 is 2.85 bits per heavy atom. The lowest BCUT2D eigenvalue weighted by Gasteiger charge is -2.17. The Bertz CT molecular complexity index is 552. The predicted molar refractivity (Wildman–Crippen MR) is 77.6 cm³/mol. The zero-order chi connectivity index (χ0) is 14.4. The second kappa shape index (κ2) is 6.86. The van der Waals surface area contributed by atoms with Crippen LogP contribution in [0.3, 0.4) is 0 Å². The van der Waals surface area contributed by atoms with Crippen LogP contribution in [0.15, 0.2) is 41.1 Å².